The van der Waals surface area contributed by atoms with E-state index < -0.39 is 5.97 Å². The van der Waals surface area contributed by atoms with E-state index in [1.54, 1.807) is 12.1 Å². The molecule has 0 aromatic heterocycles. The molecular formula is C34H40FNO5. The van der Waals surface area contributed by atoms with Gasteiger partial charge >= 0.3 is 5.97 Å². The molecule has 0 radical (unpaired) electrons. The number of halogens is 1. The molecule has 2 aliphatic heterocycles. The molecular weight excluding hydrogens is 521 g/mol. The minimum absolute atomic E-state index is 0.00898. The van der Waals surface area contributed by atoms with Crippen LogP contribution in [0.5, 0.6) is 11.5 Å². The summed E-state index contributed by atoms with van der Waals surface area (Å²) >= 11 is 0. The van der Waals surface area contributed by atoms with Crippen LogP contribution >= 0.6 is 0 Å². The number of ether oxygens (including phenoxy) is 3. The van der Waals surface area contributed by atoms with E-state index in [2.05, 4.69) is 29.2 Å². The van der Waals surface area contributed by atoms with E-state index in [0.29, 0.717) is 25.6 Å². The third-order valence-corrected chi connectivity index (χ3v) is 8.36. The van der Waals surface area contributed by atoms with Crippen LogP contribution in [0.3, 0.4) is 0 Å². The monoisotopic (exact) mass is 561 g/mol. The number of hydrogen-bond donors (Lipinski definition) is 1. The Labute approximate surface area is 242 Å². The van der Waals surface area contributed by atoms with Crippen LogP contribution in [0.1, 0.15) is 55.2 Å². The zero-order valence-corrected chi connectivity index (χ0v) is 23.6. The first-order valence-electron chi connectivity index (χ1n) is 14.7. The van der Waals surface area contributed by atoms with Crippen LogP contribution in [0.4, 0.5) is 4.39 Å². The number of hydrogen-bond acceptors (Lipinski definition) is 5. The smallest absolute Gasteiger partial charge is 0.303 e. The number of piperidine rings is 1. The van der Waals surface area contributed by atoms with E-state index in [1.807, 2.05) is 24.3 Å². The van der Waals surface area contributed by atoms with Gasteiger partial charge in [-0.3, -0.25) is 9.69 Å². The lowest BCUT2D eigenvalue weighted by atomic mass is 9.78. The summed E-state index contributed by atoms with van der Waals surface area (Å²) < 4.78 is 31.2. The van der Waals surface area contributed by atoms with Crippen LogP contribution < -0.4 is 9.47 Å². The summed E-state index contributed by atoms with van der Waals surface area (Å²) in [6.45, 7) is 4.97. The molecule has 5 rings (SSSR count). The molecule has 3 aromatic rings. The molecule has 0 saturated carbocycles. The molecule has 0 aliphatic carbocycles. The van der Waals surface area contributed by atoms with Gasteiger partial charge in [0.05, 0.1) is 12.2 Å². The average molecular weight is 562 g/mol. The van der Waals surface area contributed by atoms with Crippen molar-refractivity contribution in [2.24, 2.45) is 5.92 Å². The lowest BCUT2D eigenvalue weighted by Gasteiger charge is -2.46. The predicted octanol–water partition coefficient (Wildman–Crippen LogP) is 6.65. The summed E-state index contributed by atoms with van der Waals surface area (Å²) in [5, 5.41) is 8.83. The van der Waals surface area contributed by atoms with Gasteiger partial charge in [-0.1, -0.05) is 36.4 Å². The summed E-state index contributed by atoms with van der Waals surface area (Å²) in [6.07, 6.45) is 5.95. The van der Waals surface area contributed by atoms with E-state index in [4.69, 9.17) is 19.3 Å². The maximum Gasteiger partial charge on any atom is 0.303 e. The number of carbonyl (C=O) groups is 1. The van der Waals surface area contributed by atoms with Crippen LogP contribution in [0.15, 0.2) is 72.8 Å². The number of likely N-dealkylation sites (tertiary alicyclic amines) is 1. The molecule has 1 atom stereocenters. The summed E-state index contributed by atoms with van der Waals surface area (Å²) in [4.78, 5) is 13.3. The Bertz CT molecular complexity index is 1240. The van der Waals surface area contributed by atoms with Crippen LogP contribution in [0.2, 0.25) is 0 Å². The molecule has 7 heteroatoms. The molecule has 2 fully saturated rings. The number of rotatable bonds is 12. The average Bonchev–Trinajstić information content (AvgIpc) is 2.99. The van der Waals surface area contributed by atoms with Crippen molar-refractivity contribution in [3.8, 4) is 11.5 Å². The van der Waals surface area contributed by atoms with Crippen molar-refractivity contribution in [1.82, 2.24) is 4.90 Å². The summed E-state index contributed by atoms with van der Waals surface area (Å²) in [7, 11) is 0. The first-order valence-corrected chi connectivity index (χ1v) is 14.7. The Hall–Kier alpha value is -3.42. The van der Waals surface area contributed by atoms with Gasteiger partial charge in [0, 0.05) is 32.7 Å². The van der Waals surface area contributed by atoms with Crippen molar-refractivity contribution in [3.63, 3.8) is 0 Å². The molecule has 218 valence electrons. The topological polar surface area (TPSA) is 68.2 Å². The van der Waals surface area contributed by atoms with E-state index in [9.17, 15) is 9.18 Å². The minimum atomic E-state index is -0.784. The second kappa shape index (κ2) is 14.0. The van der Waals surface area contributed by atoms with E-state index in [-0.39, 0.29) is 17.8 Å². The van der Waals surface area contributed by atoms with Crippen molar-refractivity contribution in [1.29, 1.82) is 0 Å². The molecule has 1 N–H and O–H groups in total. The van der Waals surface area contributed by atoms with Gasteiger partial charge in [0.2, 0.25) is 0 Å². The van der Waals surface area contributed by atoms with Crippen molar-refractivity contribution in [2.75, 3.05) is 26.3 Å². The maximum absolute atomic E-state index is 13.1. The fourth-order valence-corrected chi connectivity index (χ4v) is 5.89. The fourth-order valence-electron chi connectivity index (χ4n) is 5.89. The van der Waals surface area contributed by atoms with Gasteiger partial charge in [-0.15, -0.1) is 0 Å². The highest BCUT2D eigenvalue weighted by molar-refractivity contribution is 5.67. The highest BCUT2D eigenvalue weighted by Gasteiger charge is 2.40. The van der Waals surface area contributed by atoms with Gasteiger partial charge in [-0.25, -0.2) is 4.39 Å². The van der Waals surface area contributed by atoms with Crippen LogP contribution in [-0.4, -0.2) is 47.9 Å². The molecule has 1 unspecified atom stereocenters. The fraction of sp³-hybridized carbons (Fsp3) is 0.441. The molecule has 2 heterocycles. The van der Waals surface area contributed by atoms with Gasteiger partial charge in [-0.05, 0) is 97.5 Å². The zero-order valence-electron chi connectivity index (χ0n) is 23.6. The maximum atomic E-state index is 13.1. The Kier molecular flexibility index (Phi) is 9.91. The molecule has 0 amide bonds. The molecule has 41 heavy (non-hydrogen) atoms. The second-order valence-corrected chi connectivity index (χ2v) is 11.4. The molecule has 0 bridgehead atoms. The SMILES string of the molecule is O=C(O)CCc1ccc(OCc2ccc(CN3CCC4(CC3)CC(CCOc3ccc(F)cc3)CCO4)cc2)cc1. The van der Waals surface area contributed by atoms with Gasteiger partial charge in [0.15, 0.2) is 0 Å². The third kappa shape index (κ3) is 8.78. The lowest BCUT2D eigenvalue weighted by molar-refractivity contribution is -0.137. The van der Waals surface area contributed by atoms with Crippen molar-refractivity contribution in [3.05, 3.63) is 95.3 Å². The first kappa shape index (κ1) is 29.1. The van der Waals surface area contributed by atoms with Gasteiger partial charge in [-0.2, -0.15) is 0 Å². The molecule has 6 nitrogen and oxygen atoms in total. The Morgan fingerprint density at radius 3 is 2.24 bits per heavy atom. The van der Waals surface area contributed by atoms with Crippen LogP contribution in [0.25, 0.3) is 0 Å². The Balaban J connectivity index is 1.02. The van der Waals surface area contributed by atoms with Crippen LogP contribution in [-0.2, 0) is 29.1 Å². The number of aryl methyl sites for hydroxylation is 1. The van der Waals surface area contributed by atoms with Gasteiger partial charge in [0.1, 0.15) is 23.9 Å². The van der Waals surface area contributed by atoms with Crippen molar-refractivity contribution >= 4 is 5.97 Å². The van der Waals surface area contributed by atoms with Gasteiger partial charge in [0.25, 0.3) is 0 Å². The number of nitrogens with zero attached hydrogens (tertiary/aromatic N) is 1. The molecule has 2 saturated heterocycles. The largest absolute Gasteiger partial charge is 0.494 e. The van der Waals surface area contributed by atoms with E-state index >= 15 is 0 Å². The van der Waals surface area contributed by atoms with E-state index in [1.165, 1.54) is 17.7 Å². The zero-order chi connectivity index (χ0) is 28.5. The standard InChI is InChI=1S/C34H40FNO5/c35-30-8-12-31(13-9-30)39-21-15-27-16-22-41-34(23-27)17-19-36(20-18-34)24-28-1-3-29(4-2-28)25-40-32-10-5-26(6-11-32)7-14-33(37)38/h1-6,8-13,27H,7,14-25H2,(H,37,38). The minimum Gasteiger partial charge on any atom is -0.494 e. The number of benzene rings is 3. The second-order valence-electron chi connectivity index (χ2n) is 11.4. The first-order chi connectivity index (χ1) is 19.9. The Morgan fingerprint density at radius 2 is 1.54 bits per heavy atom. The quantitative estimate of drug-likeness (QED) is 0.267. The summed E-state index contributed by atoms with van der Waals surface area (Å²) in [6, 6.07) is 22.5. The Morgan fingerprint density at radius 1 is 0.902 bits per heavy atom. The highest BCUT2D eigenvalue weighted by atomic mass is 19.1. The highest BCUT2D eigenvalue weighted by Crippen LogP contribution is 2.39. The van der Waals surface area contributed by atoms with Gasteiger partial charge < -0.3 is 19.3 Å². The predicted molar refractivity (Wildman–Crippen MR) is 156 cm³/mol. The number of carboxylic acid groups (broad SMARTS) is 1. The van der Waals surface area contributed by atoms with Crippen LogP contribution in [0, 0.1) is 11.7 Å². The van der Waals surface area contributed by atoms with E-state index in [0.717, 1.165) is 81.0 Å². The number of carboxylic acids is 1. The molecule has 2 aliphatic rings. The molecule has 1 spiro atoms. The summed E-state index contributed by atoms with van der Waals surface area (Å²) in [5.41, 5.74) is 3.40. The van der Waals surface area contributed by atoms with Crippen molar-refractivity contribution < 1.29 is 28.5 Å². The number of aliphatic carboxylic acids is 1. The lowest BCUT2D eigenvalue weighted by Crippen LogP contribution is -2.49. The normalized spacial score (nSPS) is 18.7. The van der Waals surface area contributed by atoms with Crippen molar-refractivity contribution in [2.45, 2.75) is 63.7 Å². The third-order valence-electron chi connectivity index (χ3n) is 8.36. The molecule has 3 aromatic carbocycles. The summed E-state index contributed by atoms with van der Waals surface area (Å²) in [5.74, 6) is 1.08.